The van der Waals surface area contributed by atoms with Crippen molar-refractivity contribution in [2.45, 2.75) is 25.8 Å². The largest absolute Gasteiger partial charge is 0.461 e. The predicted octanol–water partition coefficient (Wildman–Crippen LogP) is 1.96. The number of nitrogens with one attached hydrogen (secondary N) is 2. The summed E-state index contributed by atoms with van der Waals surface area (Å²) in [5.41, 5.74) is 0.893. The number of hydrogen-bond donors (Lipinski definition) is 2. The average Bonchev–Trinajstić information content (AvgIpc) is 2.94. The normalized spacial score (nSPS) is 13.9. The van der Waals surface area contributed by atoms with Crippen LogP contribution in [0.2, 0.25) is 0 Å². The number of aliphatic imine (C=N–C) groups is 1. The highest BCUT2D eigenvalue weighted by molar-refractivity contribution is 7.90. The van der Waals surface area contributed by atoms with E-state index in [2.05, 4.69) is 15.6 Å². The summed E-state index contributed by atoms with van der Waals surface area (Å²) in [6.45, 7) is 2.62. The summed E-state index contributed by atoms with van der Waals surface area (Å²) in [5.74, 6) is 1.74. The first-order chi connectivity index (χ1) is 11.4. The lowest BCUT2D eigenvalue weighted by Gasteiger charge is -2.17. The van der Waals surface area contributed by atoms with Gasteiger partial charge >= 0.3 is 0 Å². The summed E-state index contributed by atoms with van der Waals surface area (Å²) in [6, 6.07) is 10.00. The van der Waals surface area contributed by atoms with Crippen molar-refractivity contribution in [2.24, 2.45) is 4.99 Å². The van der Waals surface area contributed by atoms with Gasteiger partial charge in [0.1, 0.15) is 21.2 Å². The molecule has 1 heterocycles. The molecule has 0 bridgehead atoms. The molecule has 0 aliphatic carbocycles. The Morgan fingerprint density at radius 1 is 1.33 bits per heavy atom. The summed E-state index contributed by atoms with van der Waals surface area (Å²) in [6.07, 6.45) is 2.54. The summed E-state index contributed by atoms with van der Waals surface area (Å²) >= 11 is 0. The van der Waals surface area contributed by atoms with Crippen LogP contribution in [-0.2, 0) is 16.3 Å². The standard InChI is InChI=1S/C17H25N3O3S/c1-13(9-11-24(3,21)22)20-17(18-2)19-10-8-15-12-14-6-4-5-7-16(14)23-15/h4-7,12-13H,8-11H2,1-3H3,(H2,18,19,20). The zero-order chi connectivity index (χ0) is 17.6. The SMILES string of the molecule is CN=C(NCCc1cc2ccccc2o1)NC(C)CCS(C)(=O)=O. The minimum Gasteiger partial charge on any atom is -0.461 e. The fourth-order valence-electron chi connectivity index (χ4n) is 2.36. The Morgan fingerprint density at radius 3 is 2.75 bits per heavy atom. The molecular formula is C17H25N3O3S. The molecule has 24 heavy (non-hydrogen) atoms. The first-order valence-corrected chi connectivity index (χ1v) is 10.1. The Kier molecular flexibility index (Phi) is 6.25. The van der Waals surface area contributed by atoms with Crippen LogP contribution in [0, 0.1) is 0 Å². The molecule has 0 fully saturated rings. The summed E-state index contributed by atoms with van der Waals surface area (Å²) in [4.78, 5) is 4.16. The third kappa shape index (κ3) is 5.88. The number of para-hydroxylation sites is 1. The van der Waals surface area contributed by atoms with Gasteiger partial charge < -0.3 is 15.1 Å². The van der Waals surface area contributed by atoms with Gasteiger partial charge in [-0.3, -0.25) is 4.99 Å². The Labute approximate surface area is 143 Å². The van der Waals surface area contributed by atoms with Crippen LogP contribution < -0.4 is 10.6 Å². The molecule has 2 N–H and O–H groups in total. The lowest BCUT2D eigenvalue weighted by Crippen LogP contribution is -2.43. The second-order valence-corrected chi connectivity index (χ2v) is 8.22. The van der Waals surface area contributed by atoms with Gasteiger partial charge in [0.25, 0.3) is 0 Å². The van der Waals surface area contributed by atoms with Crippen molar-refractivity contribution in [3.8, 4) is 0 Å². The molecule has 7 heteroatoms. The molecular weight excluding hydrogens is 326 g/mol. The van der Waals surface area contributed by atoms with Crippen molar-refractivity contribution < 1.29 is 12.8 Å². The van der Waals surface area contributed by atoms with E-state index in [4.69, 9.17) is 4.42 Å². The lowest BCUT2D eigenvalue weighted by molar-refractivity contribution is 0.542. The number of rotatable bonds is 7. The molecule has 0 saturated heterocycles. The van der Waals surface area contributed by atoms with Crippen LogP contribution in [0.5, 0.6) is 0 Å². The van der Waals surface area contributed by atoms with E-state index in [1.165, 1.54) is 6.26 Å². The maximum Gasteiger partial charge on any atom is 0.191 e. The zero-order valence-electron chi connectivity index (χ0n) is 14.4. The number of furan rings is 1. The minimum atomic E-state index is -2.94. The van der Waals surface area contributed by atoms with Crippen LogP contribution in [0.25, 0.3) is 11.0 Å². The molecule has 1 aromatic carbocycles. The molecule has 1 atom stereocenters. The topological polar surface area (TPSA) is 83.7 Å². The van der Waals surface area contributed by atoms with Gasteiger partial charge in [-0.2, -0.15) is 0 Å². The van der Waals surface area contributed by atoms with Crippen LogP contribution in [-0.4, -0.2) is 46.0 Å². The molecule has 0 radical (unpaired) electrons. The Balaban J connectivity index is 1.79. The zero-order valence-corrected chi connectivity index (χ0v) is 15.2. The van der Waals surface area contributed by atoms with Gasteiger partial charge in [0.05, 0.1) is 5.75 Å². The average molecular weight is 351 g/mol. The molecule has 6 nitrogen and oxygen atoms in total. The van der Waals surface area contributed by atoms with Gasteiger partial charge in [-0.05, 0) is 25.5 Å². The van der Waals surface area contributed by atoms with Gasteiger partial charge in [-0.1, -0.05) is 18.2 Å². The summed E-state index contributed by atoms with van der Waals surface area (Å²) in [5, 5.41) is 7.52. The van der Waals surface area contributed by atoms with E-state index >= 15 is 0 Å². The highest BCUT2D eigenvalue weighted by Crippen LogP contribution is 2.18. The Bertz CT molecular complexity index is 763. The van der Waals surface area contributed by atoms with E-state index < -0.39 is 9.84 Å². The van der Waals surface area contributed by atoms with Crippen LogP contribution in [0.1, 0.15) is 19.1 Å². The van der Waals surface area contributed by atoms with Gasteiger partial charge in [0.15, 0.2) is 5.96 Å². The second-order valence-electron chi connectivity index (χ2n) is 5.96. The Morgan fingerprint density at radius 2 is 2.08 bits per heavy atom. The molecule has 2 rings (SSSR count). The summed E-state index contributed by atoms with van der Waals surface area (Å²) < 4.78 is 28.2. The number of sulfone groups is 1. The van der Waals surface area contributed by atoms with Gasteiger partial charge in [0.2, 0.25) is 0 Å². The first kappa shape index (κ1) is 18.3. The number of guanidine groups is 1. The highest BCUT2D eigenvalue weighted by atomic mass is 32.2. The molecule has 0 saturated carbocycles. The van der Waals surface area contributed by atoms with Gasteiger partial charge in [-0.15, -0.1) is 0 Å². The monoisotopic (exact) mass is 351 g/mol. The van der Waals surface area contributed by atoms with Crippen molar-refractivity contribution in [1.82, 2.24) is 10.6 Å². The third-order valence-corrected chi connectivity index (χ3v) is 4.65. The molecule has 1 aromatic heterocycles. The molecule has 1 unspecified atom stereocenters. The number of benzene rings is 1. The molecule has 2 aromatic rings. The van der Waals surface area contributed by atoms with Crippen molar-refractivity contribution in [1.29, 1.82) is 0 Å². The highest BCUT2D eigenvalue weighted by Gasteiger charge is 2.09. The van der Waals surface area contributed by atoms with E-state index in [9.17, 15) is 8.42 Å². The number of fused-ring (bicyclic) bond motifs is 1. The van der Waals surface area contributed by atoms with E-state index in [0.717, 1.165) is 23.2 Å². The molecule has 0 aliphatic rings. The predicted molar refractivity (Wildman–Crippen MR) is 98.2 cm³/mol. The van der Waals surface area contributed by atoms with Crippen LogP contribution in [0.3, 0.4) is 0 Å². The van der Waals surface area contributed by atoms with E-state index in [1.807, 2.05) is 37.3 Å². The fourth-order valence-corrected chi connectivity index (χ4v) is 3.14. The van der Waals surface area contributed by atoms with Crippen molar-refractivity contribution in [2.75, 3.05) is 25.6 Å². The second kappa shape index (κ2) is 8.19. The van der Waals surface area contributed by atoms with Crippen LogP contribution in [0.4, 0.5) is 0 Å². The maximum absolute atomic E-state index is 11.2. The molecule has 132 valence electrons. The Hall–Kier alpha value is -2.02. The number of nitrogens with zero attached hydrogens (tertiary/aromatic N) is 1. The third-order valence-electron chi connectivity index (χ3n) is 3.67. The first-order valence-electron chi connectivity index (χ1n) is 8.00. The quantitative estimate of drug-likeness (QED) is 0.588. The molecule has 0 amide bonds. The van der Waals surface area contributed by atoms with E-state index in [1.54, 1.807) is 7.05 Å². The van der Waals surface area contributed by atoms with Crippen molar-refractivity contribution in [3.63, 3.8) is 0 Å². The summed E-state index contributed by atoms with van der Waals surface area (Å²) in [7, 11) is -1.25. The number of hydrogen-bond acceptors (Lipinski definition) is 4. The molecule has 0 spiro atoms. The van der Waals surface area contributed by atoms with E-state index in [0.29, 0.717) is 18.9 Å². The van der Waals surface area contributed by atoms with Gasteiger partial charge in [0, 0.05) is 37.7 Å². The molecule has 0 aliphatic heterocycles. The minimum absolute atomic E-state index is 0.0251. The maximum atomic E-state index is 11.2. The van der Waals surface area contributed by atoms with Gasteiger partial charge in [-0.25, -0.2) is 8.42 Å². The lowest BCUT2D eigenvalue weighted by atomic mass is 10.2. The van der Waals surface area contributed by atoms with Crippen LogP contribution >= 0.6 is 0 Å². The van der Waals surface area contributed by atoms with Crippen LogP contribution in [0.15, 0.2) is 39.7 Å². The van der Waals surface area contributed by atoms with E-state index in [-0.39, 0.29) is 11.8 Å². The smallest absolute Gasteiger partial charge is 0.191 e. The van der Waals surface area contributed by atoms with Crippen molar-refractivity contribution in [3.05, 3.63) is 36.1 Å². The fraction of sp³-hybridized carbons (Fsp3) is 0.471. The van der Waals surface area contributed by atoms with Crippen molar-refractivity contribution >= 4 is 26.8 Å².